The number of nitrogens with zero attached hydrogens (tertiary/aromatic N) is 3. The molecule has 0 bridgehead atoms. The maximum Gasteiger partial charge on any atom is 0.249 e. The normalized spacial score (nSPS) is 18.3. The number of amides is 2. The van der Waals surface area contributed by atoms with Crippen molar-refractivity contribution >= 4 is 23.7 Å². The van der Waals surface area contributed by atoms with E-state index in [4.69, 9.17) is 0 Å². The van der Waals surface area contributed by atoms with Crippen molar-refractivity contribution < 1.29 is 9.59 Å². The highest BCUT2D eigenvalue weighted by molar-refractivity contribution is 6.09. The maximum atomic E-state index is 11.6. The first-order valence-corrected chi connectivity index (χ1v) is 5.73. The molecule has 7 heteroatoms. The molecule has 1 atom stereocenters. The zero-order valence-corrected chi connectivity index (χ0v) is 10.3. The van der Waals surface area contributed by atoms with Crippen LogP contribution in [0.5, 0.6) is 0 Å². The van der Waals surface area contributed by atoms with Crippen LogP contribution in [0.2, 0.25) is 0 Å². The number of hydrazone groups is 2. The lowest BCUT2D eigenvalue weighted by atomic mass is 10.0. The Morgan fingerprint density at radius 1 is 1.63 bits per heavy atom. The fraction of sp³-hybridized carbons (Fsp3) is 0.250. The molecule has 0 fully saturated rings. The van der Waals surface area contributed by atoms with Gasteiger partial charge in [-0.25, -0.2) is 10.9 Å². The molecule has 1 aliphatic heterocycles. The third kappa shape index (κ3) is 3.44. The van der Waals surface area contributed by atoms with Crippen LogP contribution in [0.4, 0.5) is 0 Å². The molecule has 1 aromatic heterocycles. The van der Waals surface area contributed by atoms with Gasteiger partial charge in [0, 0.05) is 30.1 Å². The van der Waals surface area contributed by atoms with Crippen LogP contribution in [0.1, 0.15) is 18.9 Å². The molecule has 2 amide bonds. The summed E-state index contributed by atoms with van der Waals surface area (Å²) in [4.78, 5) is 26.9. The first-order valence-electron chi connectivity index (χ1n) is 5.73. The minimum absolute atomic E-state index is 0.0333. The molecule has 1 aliphatic rings. The van der Waals surface area contributed by atoms with E-state index in [1.807, 2.05) is 6.07 Å². The Bertz CT molecular complexity index is 538. The highest BCUT2D eigenvalue weighted by Crippen LogP contribution is 2.11. The molecule has 19 heavy (non-hydrogen) atoms. The number of pyridine rings is 1. The number of aromatic nitrogens is 1. The van der Waals surface area contributed by atoms with Crippen molar-refractivity contribution in [3.63, 3.8) is 0 Å². The summed E-state index contributed by atoms with van der Waals surface area (Å²) < 4.78 is 0. The lowest BCUT2D eigenvalue weighted by Gasteiger charge is -2.05. The second kappa shape index (κ2) is 5.85. The first kappa shape index (κ1) is 12.9. The molecular formula is C12H13N5O2. The van der Waals surface area contributed by atoms with Crippen LogP contribution in [0.3, 0.4) is 0 Å². The number of hydrogen-bond acceptors (Lipinski definition) is 5. The van der Waals surface area contributed by atoms with E-state index in [2.05, 4.69) is 26.0 Å². The van der Waals surface area contributed by atoms with E-state index >= 15 is 0 Å². The molecular weight excluding hydrogens is 246 g/mol. The Kier molecular flexibility index (Phi) is 3.97. The molecule has 0 unspecified atom stereocenters. The molecule has 0 spiro atoms. The Morgan fingerprint density at radius 3 is 3.11 bits per heavy atom. The molecule has 0 saturated carbocycles. The van der Waals surface area contributed by atoms with E-state index in [-0.39, 0.29) is 18.2 Å². The lowest BCUT2D eigenvalue weighted by molar-refractivity contribution is -0.127. The van der Waals surface area contributed by atoms with Crippen molar-refractivity contribution in [3.05, 3.63) is 30.1 Å². The molecule has 0 saturated heterocycles. The van der Waals surface area contributed by atoms with Gasteiger partial charge < -0.3 is 0 Å². The Hall–Kier alpha value is -2.57. The second-order valence-electron chi connectivity index (χ2n) is 4.07. The molecule has 98 valence electrons. The third-order valence-corrected chi connectivity index (χ3v) is 2.64. The number of nitrogens with one attached hydrogen (secondary N) is 2. The zero-order valence-electron chi connectivity index (χ0n) is 10.3. The van der Waals surface area contributed by atoms with Gasteiger partial charge in [-0.3, -0.25) is 14.6 Å². The van der Waals surface area contributed by atoms with Crippen LogP contribution in [0, 0.1) is 5.92 Å². The minimum Gasteiger partial charge on any atom is -0.273 e. The number of carbonyl (C=O) groups excluding carboxylic acids is 2. The van der Waals surface area contributed by atoms with Gasteiger partial charge in [-0.2, -0.15) is 10.2 Å². The summed E-state index contributed by atoms with van der Waals surface area (Å²) in [6.45, 7) is 1.70. The average molecular weight is 259 g/mol. The summed E-state index contributed by atoms with van der Waals surface area (Å²) in [5.41, 5.74) is 6.08. The topological polar surface area (TPSA) is 95.8 Å². The monoisotopic (exact) mass is 259 g/mol. The molecule has 0 aliphatic carbocycles. The van der Waals surface area contributed by atoms with Crippen LogP contribution in [-0.4, -0.2) is 28.7 Å². The standard InChI is InChI=1S/C12H13N5O2/c1-8-10(12(19)17-15-8)5-11(18)16-14-7-9-3-2-4-13-6-9/h2-4,6-7,10H,5H2,1H3,(H,16,18)(H,17,19)/t10-/m0/s1. The third-order valence-electron chi connectivity index (χ3n) is 2.64. The van der Waals surface area contributed by atoms with Gasteiger partial charge in [-0.1, -0.05) is 6.07 Å². The van der Waals surface area contributed by atoms with Gasteiger partial charge in [-0.15, -0.1) is 0 Å². The highest BCUT2D eigenvalue weighted by atomic mass is 16.2. The quantitative estimate of drug-likeness (QED) is 0.590. The van der Waals surface area contributed by atoms with Crippen molar-refractivity contribution in [2.24, 2.45) is 16.1 Å². The molecule has 2 heterocycles. The zero-order chi connectivity index (χ0) is 13.7. The number of carbonyl (C=O) groups is 2. The summed E-state index contributed by atoms with van der Waals surface area (Å²) in [7, 11) is 0. The van der Waals surface area contributed by atoms with Gasteiger partial charge in [0.2, 0.25) is 11.8 Å². The predicted octanol–water partition coefficient (Wildman–Crippen LogP) is 0.0437. The summed E-state index contributed by atoms with van der Waals surface area (Å²) >= 11 is 0. The van der Waals surface area contributed by atoms with Crippen LogP contribution < -0.4 is 10.9 Å². The molecule has 0 radical (unpaired) electrons. The van der Waals surface area contributed by atoms with Gasteiger partial charge in [0.05, 0.1) is 12.1 Å². The second-order valence-corrected chi connectivity index (χ2v) is 4.07. The summed E-state index contributed by atoms with van der Waals surface area (Å²) in [5.74, 6) is -1.10. The van der Waals surface area contributed by atoms with Crippen LogP contribution >= 0.6 is 0 Å². The van der Waals surface area contributed by atoms with Crippen molar-refractivity contribution in [1.82, 2.24) is 15.8 Å². The highest BCUT2D eigenvalue weighted by Gasteiger charge is 2.28. The van der Waals surface area contributed by atoms with Gasteiger partial charge in [0.15, 0.2) is 0 Å². The Morgan fingerprint density at radius 2 is 2.47 bits per heavy atom. The van der Waals surface area contributed by atoms with Gasteiger partial charge >= 0.3 is 0 Å². The molecule has 0 aromatic carbocycles. The van der Waals surface area contributed by atoms with E-state index in [0.717, 1.165) is 5.56 Å². The predicted molar refractivity (Wildman–Crippen MR) is 69.3 cm³/mol. The summed E-state index contributed by atoms with van der Waals surface area (Å²) in [6.07, 6.45) is 4.79. The lowest BCUT2D eigenvalue weighted by Crippen LogP contribution is -2.29. The molecule has 2 N–H and O–H groups in total. The summed E-state index contributed by atoms with van der Waals surface area (Å²) in [5, 5.41) is 7.57. The Balaban J connectivity index is 1.84. The van der Waals surface area contributed by atoms with E-state index < -0.39 is 5.92 Å². The number of hydrogen-bond donors (Lipinski definition) is 2. The fourth-order valence-corrected chi connectivity index (χ4v) is 1.59. The molecule has 2 rings (SSSR count). The van der Waals surface area contributed by atoms with E-state index in [1.54, 1.807) is 25.4 Å². The van der Waals surface area contributed by atoms with E-state index in [9.17, 15) is 9.59 Å². The van der Waals surface area contributed by atoms with Gasteiger partial charge in [0.1, 0.15) is 0 Å². The van der Waals surface area contributed by atoms with Crippen molar-refractivity contribution in [1.29, 1.82) is 0 Å². The minimum atomic E-state index is -0.506. The van der Waals surface area contributed by atoms with Gasteiger partial charge in [-0.05, 0) is 13.0 Å². The Labute approximate surface area is 109 Å². The van der Waals surface area contributed by atoms with Crippen molar-refractivity contribution in [3.8, 4) is 0 Å². The maximum absolute atomic E-state index is 11.6. The van der Waals surface area contributed by atoms with Crippen LogP contribution in [0.15, 0.2) is 34.7 Å². The average Bonchev–Trinajstić information content (AvgIpc) is 2.72. The fourth-order valence-electron chi connectivity index (χ4n) is 1.59. The van der Waals surface area contributed by atoms with Crippen molar-refractivity contribution in [2.45, 2.75) is 13.3 Å². The molecule has 7 nitrogen and oxygen atoms in total. The van der Waals surface area contributed by atoms with E-state index in [1.165, 1.54) is 6.21 Å². The van der Waals surface area contributed by atoms with Gasteiger partial charge in [0.25, 0.3) is 0 Å². The van der Waals surface area contributed by atoms with Crippen LogP contribution in [0.25, 0.3) is 0 Å². The van der Waals surface area contributed by atoms with Crippen LogP contribution in [-0.2, 0) is 9.59 Å². The first-order chi connectivity index (χ1) is 9.16. The molecule has 1 aromatic rings. The SMILES string of the molecule is CC1=NNC(=O)[C@H]1CC(=O)NN=Cc1cccnc1. The summed E-state index contributed by atoms with van der Waals surface area (Å²) in [6, 6.07) is 3.58. The largest absolute Gasteiger partial charge is 0.273 e. The van der Waals surface area contributed by atoms with E-state index in [0.29, 0.717) is 5.71 Å². The number of rotatable bonds is 4. The smallest absolute Gasteiger partial charge is 0.249 e. The van der Waals surface area contributed by atoms with Crippen molar-refractivity contribution in [2.75, 3.05) is 0 Å².